The topological polar surface area (TPSA) is 44.1 Å². The van der Waals surface area contributed by atoms with Crippen LogP contribution in [0.4, 0.5) is 0 Å². The predicted molar refractivity (Wildman–Crippen MR) is 73.9 cm³/mol. The van der Waals surface area contributed by atoms with Crippen molar-refractivity contribution in [2.24, 2.45) is 0 Å². The van der Waals surface area contributed by atoms with Crippen LogP contribution in [0.25, 0.3) is 16.7 Å². The maximum atomic E-state index is 12.3. The Morgan fingerprint density at radius 3 is 2.63 bits per heavy atom. The van der Waals surface area contributed by atoms with Gasteiger partial charge in [-0.2, -0.15) is 0 Å². The van der Waals surface area contributed by atoms with Crippen LogP contribution in [-0.4, -0.2) is 16.7 Å². The lowest BCUT2D eigenvalue weighted by Crippen LogP contribution is -2.18. The molecule has 3 aromatic rings. The molecule has 0 fully saturated rings. The number of aromatic nitrogens is 2. The third-order valence-corrected chi connectivity index (χ3v) is 2.97. The molecule has 4 nitrogen and oxygen atoms in total. The minimum absolute atomic E-state index is 0.158. The molecule has 1 aromatic carbocycles. The van der Waals surface area contributed by atoms with Crippen LogP contribution in [0, 0.1) is 0 Å². The van der Waals surface area contributed by atoms with Gasteiger partial charge in [0.25, 0.3) is 5.56 Å². The maximum Gasteiger partial charge on any atom is 0.260 e. The molecule has 0 bridgehead atoms. The highest BCUT2D eigenvalue weighted by Crippen LogP contribution is 2.23. The predicted octanol–water partition coefficient (Wildman–Crippen LogP) is 2.39. The van der Waals surface area contributed by atoms with Gasteiger partial charge in [-0.25, -0.2) is 4.98 Å². The minimum atomic E-state index is -0.158. The van der Waals surface area contributed by atoms with E-state index in [2.05, 4.69) is 4.98 Å². The molecule has 0 aliphatic rings. The molecule has 0 saturated carbocycles. The number of fused-ring (bicyclic) bond motifs is 1. The number of pyridine rings is 2. The largest absolute Gasteiger partial charge is 0.496 e. The van der Waals surface area contributed by atoms with Crippen LogP contribution in [0.3, 0.4) is 0 Å². The summed E-state index contributed by atoms with van der Waals surface area (Å²) in [5, 5.41) is 0.813. The summed E-state index contributed by atoms with van der Waals surface area (Å²) in [5.41, 5.74) is 1.23. The third kappa shape index (κ3) is 1.87. The van der Waals surface area contributed by atoms with E-state index in [1.165, 1.54) is 6.07 Å². The van der Waals surface area contributed by atoms with Crippen LogP contribution in [-0.2, 0) is 0 Å². The van der Waals surface area contributed by atoms with E-state index < -0.39 is 0 Å². The molecule has 0 aliphatic heterocycles. The average Bonchev–Trinajstić information content (AvgIpc) is 2.47. The Kier molecular flexibility index (Phi) is 2.76. The summed E-state index contributed by atoms with van der Waals surface area (Å²) >= 11 is 0. The lowest BCUT2D eigenvalue weighted by Gasteiger charge is -2.11. The zero-order valence-electron chi connectivity index (χ0n) is 10.4. The van der Waals surface area contributed by atoms with Crippen molar-refractivity contribution in [2.45, 2.75) is 0 Å². The van der Waals surface area contributed by atoms with Crippen molar-refractivity contribution >= 4 is 11.0 Å². The first-order valence-electron chi connectivity index (χ1n) is 5.91. The number of ether oxygens (including phenoxy) is 1. The van der Waals surface area contributed by atoms with Crippen LogP contribution >= 0.6 is 0 Å². The number of benzene rings is 1. The molecule has 2 aromatic heterocycles. The fourth-order valence-electron chi connectivity index (χ4n) is 2.12. The Balaban J connectivity index is 2.43. The molecule has 0 atom stereocenters. The van der Waals surface area contributed by atoms with Gasteiger partial charge in [-0.05, 0) is 24.3 Å². The Morgan fingerprint density at radius 2 is 1.89 bits per heavy atom. The second-order valence-corrected chi connectivity index (χ2v) is 4.10. The summed E-state index contributed by atoms with van der Waals surface area (Å²) in [6.07, 6.45) is 1.67. The van der Waals surface area contributed by atoms with Gasteiger partial charge in [-0.1, -0.05) is 18.2 Å². The minimum Gasteiger partial charge on any atom is -0.496 e. The summed E-state index contributed by atoms with van der Waals surface area (Å²) < 4.78 is 6.83. The van der Waals surface area contributed by atoms with Crippen molar-refractivity contribution in [3.63, 3.8) is 0 Å². The molecule has 0 radical (unpaired) electrons. The second-order valence-electron chi connectivity index (χ2n) is 4.10. The first-order chi connectivity index (χ1) is 9.31. The molecular weight excluding hydrogens is 240 g/mol. The highest BCUT2D eigenvalue weighted by Gasteiger charge is 2.10. The number of para-hydroxylation sites is 1. The zero-order chi connectivity index (χ0) is 13.2. The number of methoxy groups -OCH3 is 1. The monoisotopic (exact) mass is 252 g/mol. The van der Waals surface area contributed by atoms with Gasteiger partial charge >= 0.3 is 0 Å². The maximum absolute atomic E-state index is 12.3. The molecule has 0 saturated heterocycles. The van der Waals surface area contributed by atoms with Gasteiger partial charge < -0.3 is 4.74 Å². The van der Waals surface area contributed by atoms with Gasteiger partial charge in [0.05, 0.1) is 18.2 Å². The molecule has 0 unspecified atom stereocenters. The van der Waals surface area contributed by atoms with E-state index in [-0.39, 0.29) is 5.56 Å². The molecule has 4 heteroatoms. The molecule has 3 rings (SSSR count). The van der Waals surface area contributed by atoms with Crippen molar-refractivity contribution < 1.29 is 4.74 Å². The van der Waals surface area contributed by atoms with E-state index in [1.807, 2.05) is 42.5 Å². The Bertz CT molecular complexity index is 779. The lowest BCUT2D eigenvalue weighted by molar-refractivity contribution is 0.418. The van der Waals surface area contributed by atoms with E-state index in [9.17, 15) is 4.79 Å². The van der Waals surface area contributed by atoms with E-state index in [0.29, 0.717) is 11.4 Å². The van der Waals surface area contributed by atoms with Gasteiger partial charge in [-0.3, -0.25) is 9.36 Å². The van der Waals surface area contributed by atoms with Crippen LogP contribution in [0.1, 0.15) is 0 Å². The number of hydrogen-bond acceptors (Lipinski definition) is 3. The highest BCUT2D eigenvalue weighted by molar-refractivity contribution is 5.83. The Labute approximate surface area is 109 Å². The van der Waals surface area contributed by atoms with Crippen LogP contribution < -0.4 is 10.3 Å². The summed E-state index contributed by atoms with van der Waals surface area (Å²) in [4.78, 5) is 16.6. The Morgan fingerprint density at radius 1 is 1.11 bits per heavy atom. The van der Waals surface area contributed by atoms with Crippen molar-refractivity contribution in [1.82, 2.24) is 9.55 Å². The van der Waals surface area contributed by atoms with Gasteiger partial charge in [0.1, 0.15) is 5.75 Å². The molecule has 0 amide bonds. The Hall–Kier alpha value is -2.62. The van der Waals surface area contributed by atoms with E-state index in [4.69, 9.17) is 4.74 Å². The standard InChI is InChI=1S/C15H12N2O2/c1-19-13-10-14(18)17(11-6-3-2-4-7-11)15-12(13)8-5-9-16-15/h2-10H,1H3. The first-order valence-corrected chi connectivity index (χ1v) is 5.91. The molecule has 19 heavy (non-hydrogen) atoms. The van der Waals surface area contributed by atoms with Crippen molar-refractivity contribution in [2.75, 3.05) is 7.11 Å². The molecular formula is C15H12N2O2. The van der Waals surface area contributed by atoms with Gasteiger partial charge in [-0.15, -0.1) is 0 Å². The van der Waals surface area contributed by atoms with Crippen LogP contribution in [0.2, 0.25) is 0 Å². The fraction of sp³-hybridized carbons (Fsp3) is 0.0667. The SMILES string of the molecule is COc1cc(=O)n(-c2ccccc2)c2ncccc12. The van der Waals surface area contributed by atoms with Crippen molar-refractivity contribution in [1.29, 1.82) is 0 Å². The highest BCUT2D eigenvalue weighted by atomic mass is 16.5. The number of hydrogen-bond donors (Lipinski definition) is 0. The summed E-state index contributed by atoms with van der Waals surface area (Å²) in [5.74, 6) is 0.542. The van der Waals surface area contributed by atoms with Gasteiger partial charge in [0.2, 0.25) is 0 Å². The van der Waals surface area contributed by atoms with E-state index in [1.54, 1.807) is 17.9 Å². The average molecular weight is 252 g/mol. The van der Waals surface area contributed by atoms with Crippen LogP contribution in [0.5, 0.6) is 5.75 Å². The number of rotatable bonds is 2. The number of nitrogens with zero attached hydrogens (tertiary/aromatic N) is 2. The fourth-order valence-corrected chi connectivity index (χ4v) is 2.12. The first kappa shape index (κ1) is 11.5. The van der Waals surface area contributed by atoms with Crippen molar-refractivity contribution in [3.05, 3.63) is 65.1 Å². The summed E-state index contributed by atoms with van der Waals surface area (Å²) in [6.45, 7) is 0. The molecule has 0 N–H and O–H groups in total. The van der Waals surface area contributed by atoms with E-state index >= 15 is 0 Å². The molecule has 0 spiro atoms. The second kappa shape index (κ2) is 4.57. The summed E-state index contributed by atoms with van der Waals surface area (Å²) in [7, 11) is 1.55. The quantitative estimate of drug-likeness (QED) is 0.703. The molecule has 0 aliphatic carbocycles. The van der Waals surface area contributed by atoms with Gasteiger partial charge in [0.15, 0.2) is 5.65 Å². The van der Waals surface area contributed by atoms with Crippen molar-refractivity contribution in [3.8, 4) is 11.4 Å². The molecule has 2 heterocycles. The third-order valence-electron chi connectivity index (χ3n) is 2.97. The molecule has 94 valence electrons. The van der Waals surface area contributed by atoms with Crippen LogP contribution in [0.15, 0.2) is 59.5 Å². The summed E-state index contributed by atoms with van der Waals surface area (Å²) in [6, 6.07) is 14.6. The normalized spacial score (nSPS) is 10.6. The van der Waals surface area contributed by atoms with Gasteiger partial charge in [0, 0.05) is 12.3 Å². The zero-order valence-corrected chi connectivity index (χ0v) is 10.4. The van der Waals surface area contributed by atoms with E-state index in [0.717, 1.165) is 11.1 Å². The smallest absolute Gasteiger partial charge is 0.260 e. The lowest BCUT2D eigenvalue weighted by atomic mass is 10.2.